The van der Waals surface area contributed by atoms with E-state index in [4.69, 9.17) is 24.0 Å². The van der Waals surface area contributed by atoms with Gasteiger partial charge < -0.3 is 15.6 Å². The van der Waals surface area contributed by atoms with Gasteiger partial charge in [0.25, 0.3) is 6.43 Å². The van der Waals surface area contributed by atoms with E-state index in [1.165, 1.54) is 6.07 Å². The van der Waals surface area contributed by atoms with Gasteiger partial charge in [-0.3, -0.25) is 9.09 Å². The summed E-state index contributed by atoms with van der Waals surface area (Å²) >= 11 is 0. The van der Waals surface area contributed by atoms with Crippen molar-refractivity contribution in [1.29, 1.82) is 0 Å². The summed E-state index contributed by atoms with van der Waals surface area (Å²) in [6.07, 6.45) is -9.80. The van der Waals surface area contributed by atoms with Crippen molar-refractivity contribution in [1.82, 2.24) is 9.55 Å². The van der Waals surface area contributed by atoms with Gasteiger partial charge in [-0.25, -0.2) is 18.0 Å². The van der Waals surface area contributed by atoms with Crippen LogP contribution in [-0.2, 0) is 20.4 Å². The van der Waals surface area contributed by atoms with Crippen molar-refractivity contribution in [3.05, 3.63) is 52.3 Å². The molecule has 0 spiro atoms. The largest absolute Gasteiger partial charge is 0.619 e. The Bertz CT molecular complexity index is 1120. The number of aromatic nitrogens is 2. The Morgan fingerprint density at radius 3 is 2.76 bits per heavy atom. The van der Waals surface area contributed by atoms with Crippen molar-refractivity contribution >= 4 is 14.0 Å². The number of para-hydroxylation sites is 1. The quantitative estimate of drug-likeness (QED) is 0.414. The van der Waals surface area contributed by atoms with Crippen LogP contribution in [0.4, 0.5) is 27.8 Å². The number of hydrogen-bond donors (Lipinski definition) is 3. The monoisotopic (exact) mass is 500 g/mol. The number of rotatable bonds is 5. The second-order valence-corrected chi connectivity index (χ2v) is 8.82. The van der Waals surface area contributed by atoms with E-state index in [1.807, 2.05) is 0 Å². The zero-order valence-corrected chi connectivity index (χ0v) is 17.2. The van der Waals surface area contributed by atoms with Crippen LogP contribution in [0.5, 0.6) is 5.75 Å². The summed E-state index contributed by atoms with van der Waals surface area (Å²) in [6.45, 7) is -1.78. The zero-order chi connectivity index (χ0) is 24.2. The van der Waals surface area contributed by atoms with Crippen molar-refractivity contribution in [2.24, 2.45) is 0 Å². The minimum atomic E-state index is -4.55. The van der Waals surface area contributed by atoms with Crippen molar-refractivity contribution < 1.29 is 50.3 Å². The molecule has 0 bridgehead atoms. The van der Waals surface area contributed by atoms with Crippen LogP contribution in [0.1, 0.15) is 11.8 Å². The Morgan fingerprint density at radius 2 is 2.06 bits per heavy atom. The molecule has 1 fully saturated rings. The maximum Gasteiger partial charge on any atom is 0.619 e. The summed E-state index contributed by atoms with van der Waals surface area (Å²) in [7, 11) is -4.34. The lowest BCUT2D eigenvalue weighted by atomic mass is 9.96. The summed E-state index contributed by atoms with van der Waals surface area (Å²) in [5.41, 5.74) is 0.580. The first-order valence-corrected chi connectivity index (χ1v) is 10.6. The molecule has 0 saturated carbocycles. The number of fused-ring (bicyclic) bond motifs is 1. The number of benzene rings is 1. The summed E-state index contributed by atoms with van der Waals surface area (Å²) in [5.74, 6) is -6.76. The lowest BCUT2D eigenvalue weighted by Gasteiger charge is -2.30. The molecule has 3 heterocycles. The molecule has 2 aliphatic rings. The Balaban J connectivity index is 1.63. The Labute approximate surface area is 181 Å². The summed E-state index contributed by atoms with van der Waals surface area (Å²) in [4.78, 5) is 25.4. The van der Waals surface area contributed by atoms with Gasteiger partial charge in [0.2, 0.25) is 6.23 Å². The third-order valence-electron chi connectivity index (χ3n) is 5.07. The van der Waals surface area contributed by atoms with Crippen LogP contribution in [0.3, 0.4) is 0 Å². The third-order valence-corrected chi connectivity index (χ3v) is 6.40. The zero-order valence-electron chi connectivity index (χ0n) is 16.3. The Hall–Kier alpha value is -2.42. The second kappa shape index (κ2) is 8.11. The first kappa shape index (κ1) is 23.7. The number of alkyl halides is 4. The number of nitrogens with zero attached hydrogens (tertiary/aromatic N) is 2. The summed E-state index contributed by atoms with van der Waals surface area (Å²) < 4.78 is 91.1. The first-order valence-electron chi connectivity index (χ1n) is 9.14. The lowest BCUT2D eigenvalue weighted by Crippen LogP contribution is -2.54. The normalized spacial score (nSPS) is 30.8. The maximum absolute atomic E-state index is 14.8. The van der Waals surface area contributed by atoms with Crippen LogP contribution in [0.2, 0.25) is 0 Å². The highest BCUT2D eigenvalue weighted by Gasteiger charge is 2.72. The number of halogens is 5. The minimum absolute atomic E-state index is 0.108. The van der Waals surface area contributed by atoms with E-state index >= 15 is 0 Å². The van der Waals surface area contributed by atoms with Gasteiger partial charge in [0.15, 0.2) is 29.1 Å². The number of nitrogens with two attached hydrogens (primary N) is 1. The minimum Gasteiger partial charge on any atom is -0.383 e. The van der Waals surface area contributed by atoms with Crippen LogP contribution in [0, 0.1) is 5.82 Å². The number of anilines is 1. The van der Waals surface area contributed by atoms with E-state index in [0.717, 1.165) is 0 Å². The molecule has 4 rings (SSSR count). The molecule has 10 nitrogen and oxygen atoms in total. The van der Waals surface area contributed by atoms with Gasteiger partial charge in [0, 0.05) is 5.56 Å². The highest BCUT2D eigenvalue weighted by atomic mass is 31.2. The number of aliphatic hydroxyl groups excluding tert-OH is 1. The first-order chi connectivity index (χ1) is 15.4. The fraction of sp³-hybridized carbons (Fsp3) is 0.412. The number of hydrogen-bond acceptors (Lipinski definition) is 9. The fourth-order valence-corrected chi connectivity index (χ4v) is 4.56. The number of nitrogen functional groups attached to an aromatic ring is 1. The molecule has 0 amide bonds. The maximum atomic E-state index is 14.8. The van der Waals surface area contributed by atoms with Crippen LogP contribution in [0.15, 0.2) is 35.3 Å². The van der Waals surface area contributed by atoms with Crippen LogP contribution in [-0.4, -0.2) is 50.2 Å². The topological polar surface area (TPSA) is 138 Å². The van der Waals surface area contributed by atoms with Crippen LogP contribution >= 0.6 is 8.17 Å². The van der Waals surface area contributed by atoms with Gasteiger partial charge >= 0.3 is 19.8 Å². The molecule has 0 aliphatic carbocycles. The van der Waals surface area contributed by atoms with E-state index < -0.39 is 62.4 Å². The van der Waals surface area contributed by atoms with Crippen molar-refractivity contribution in [2.45, 2.75) is 36.9 Å². The van der Waals surface area contributed by atoms with Crippen molar-refractivity contribution in [3.8, 4) is 5.75 Å². The summed E-state index contributed by atoms with van der Waals surface area (Å²) in [5, 5.41) is 10.1. The molecule has 16 heteroatoms. The number of ether oxygens (including phenoxy) is 1. The second-order valence-electron chi connectivity index (χ2n) is 7.18. The average molecular weight is 500 g/mol. The van der Waals surface area contributed by atoms with Gasteiger partial charge in [0.05, 0.1) is 6.20 Å². The highest BCUT2D eigenvalue weighted by molar-refractivity contribution is 7.55. The van der Waals surface area contributed by atoms with Gasteiger partial charge in [-0.1, -0.05) is 18.2 Å². The number of aliphatic hydroxyl groups is 1. The van der Waals surface area contributed by atoms with Crippen LogP contribution < -0.4 is 15.9 Å². The Kier molecular flexibility index (Phi) is 5.83. The molecule has 180 valence electrons. The lowest BCUT2D eigenvalue weighted by molar-refractivity contribution is -0.195. The molecule has 1 unspecified atom stereocenters. The van der Waals surface area contributed by atoms with Gasteiger partial charge in [-0.15, -0.1) is 9.05 Å². The molecule has 33 heavy (non-hydrogen) atoms. The summed E-state index contributed by atoms with van der Waals surface area (Å²) in [6, 6.07) is 6.20. The van der Waals surface area contributed by atoms with Crippen LogP contribution in [0.25, 0.3) is 0 Å². The van der Waals surface area contributed by atoms with Gasteiger partial charge in [-0.2, -0.15) is 18.7 Å². The molecule has 1 aromatic carbocycles. The van der Waals surface area contributed by atoms with E-state index in [9.17, 15) is 36.7 Å². The SMILES string of the molecule is Nc1nc(=O)n([C@@H]2O[C@@](CO[P+]3(O)OCc4ccccc4O3)(C(F)F)[C@H](O)C2(F)F)cc1F. The predicted molar refractivity (Wildman–Crippen MR) is 99.6 cm³/mol. The molecular weight excluding hydrogens is 484 g/mol. The molecule has 1 saturated heterocycles. The molecule has 2 aromatic rings. The third kappa shape index (κ3) is 3.94. The molecule has 2 aliphatic heterocycles. The van der Waals surface area contributed by atoms with E-state index in [2.05, 4.69) is 4.98 Å². The van der Waals surface area contributed by atoms with Gasteiger partial charge in [-0.05, 0) is 6.07 Å². The Morgan fingerprint density at radius 1 is 1.36 bits per heavy atom. The highest BCUT2D eigenvalue weighted by Crippen LogP contribution is 2.63. The van der Waals surface area contributed by atoms with E-state index in [1.54, 1.807) is 18.2 Å². The molecular formula is C17H16F5N3O7P+. The molecule has 4 N–H and O–H groups in total. The molecule has 0 radical (unpaired) electrons. The van der Waals surface area contributed by atoms with E-state index in [0.29, 0.717) is 5.56 Å². The molecule has 4 atom stereocenters. The molecule has 1 aromatic heterocycles. The average Bonchev–Trinajstić information content (AvgIpc) is 2.96. The van der Waals surface area contributed by atoms with Crippen molar-refractivity contribution in [3.63, 3.8) is 0 Å². The van der Waals surface area contributed by atoms with Gasteiger partial charge in [0.1, 0.15) is 13.2 Å². The van der Waals surface area contributed by atoms with E-state index in [-0.39, 0.29) is 23.1 Å². The predicted octanol–water partition coefficient (Wildman–Crippen LogP) is 1.79. The fourth-order valence-electron chi connectivity index (χ4n) is 3.29. The van der Waals surface area contributed by atoms with Crippen molar-refractivity contribution in [2.75, 3.05) is 12.3 Å². The standard InChI is InChI=1S/C17H15F5N3O7P/c18-9-5-25(15(27)24-11(9)23)14-17(21,22)12(26)16(31-14,13(19)20)7-30-33(28)29-6-8-3-1-2-4-10(8)32-33/h1-5,12-14,26,28H,6-7H2,(H-,23,24,27)/p+1/t12-,14+,16+,33?/m0/s1. The smallest absolute Gasteiger partial charge is 0.383 e.